The minimum Gasteiger partial charge on any atom is -0.342 e. The minimum atomic E-state index is 0.274. The summed E-state index contributed by atoms with van der Waals surface area (Å²) < 4.78 is 0. The molecular weight excluding hydrogens is 320 g/mol. The summed E-state index contributed by atoms with van der Waals surface area (Å²) in [4.78, 5) is 14.8. The molecule has 3 nitrogen and oxygen atoms in total. The molecule has 1 spiro atoms. The highest BCUT2D eigenvalue weighted by Crippen LogP contribution is 2.48. The van der Waals surface area contributed by atoms with Gasteiger partial charge in [-0.2, -0.15) is 0 Å². The molecule has 0 saturated carbocycles. The summed E-state index contributed by atoms with van der Waals surface area (Å²) in [6, 6.07) is 21.0. The molecule has 4 rings (SSSR count). The predicted molar refractivity (Wildman–Crippen MR) is 105 cm³/mol. The smallest absolute Gasteiger partial charge is 0.226 e. The van der Waals surface area contributed by atoms with Crippen LogP contribution in [0.1, 0.15) is 36.3 Å². The Morgan fingerprint density at radius 1 is 0.962 bits per heavy atom. The van der Waals surface area contributed by atoms with Crippen LogP contribution < -0.4 is 5.32 Å². The highest BCUT2D eigenvalue weighted by molar-refractivity contribution is 5.78. The molecule has 2 aliphatic rings. The van der Waals surface area contributed by atoms with Gasteiger partial charge < -0.3 is 10.2 Å². The van der Waals surface area contributed by atoms with Gasteiger partial charge in [-0.1, -0.05) is 60.7 Å². The Kier molecular flexibility index (Phi) is 5.07. The van der Waals surface area contributed by atoms with E-state index in [1.54, 1.807) is 0 Å². The lowest BCUT2D eigenvalue weighted by molar-refractivity contribution is -0.133. The van der Waals surface area contributed by atoms with Crippen molar-refractivity contribution in [1.29, 1.82) is 0 Å². The van der Waals surface area contributed by atoms with Crippen molar-refractivity contribution in [3.8, 4) is 0 Å². The molecular formula is C23H28N2O. The summed E-state index contributed by atoms with van der Waals surface area (Å²) in [6.45, 7) is 3.95. The van der Waals surface area contributed by atoms with Crippen LogP contribution in [0, 0.1) is 5.41 Å². The first-order chi connectivity index (χ1) is 12.8. The molecule has 2 aliphatic heterocycles. The number of likely N-dealkylation sites (tertiary alicyclic amines) is 1. The first-order valence-electron chi connectivity index (χ1n) is 9.84. The zero-order valence-corrected chi connectivity index (χ0v) is 15.4. The fourth-order valence-corrected chi connectivity index (χ4v) is 4.81. The first kappa shape index (κ1) is 17.3. The number of amides is 1. The number of hydrogen-bond donors (Lipinski definition) is 1. The summed E-state index contributed by atoms with van der Waals surface area (Å²) >= 11 is 0. The van der Waals surface area contributed by atoms with Gasteiger partial charge in [-0.25, -0.2) is 0 Å². The quantitative estimate of drug-likeness (QED) is 0.919. The monoisotopic (exact) mass is 348 g/mol. The maximum atomic E-state index is 12.7. The topological polar surface area (TPSA) is 32.3 Å². The summed E-state index contributed by atoms with van der Waals surface area (Å²) in [5, 5.41) is 3.59. The zero-order chi connectivity index (χ0) is 17.8. The maximum Gasteiger partial charge on any atom is 0.226 e. The fraction of sp³-hybridized carbons (Fsp3) is 0.435. The Bertz CT molecular complexity index is 720. The first-order valence-corrected chi connectivity index (χ1v) is 9.84. The Morgan fingerprint density at radius 2 is 1.62 bits per heavy atom. The van der Waals surface area contributed by atoms with Gasteiger partial charge in [-0.15, -0.1) is 0 Å². The van der Waals surface area contributed by atoms with E-state index in [1.807, 2.05) is 30.3 Å². The van der Waals surface area contributed by atoms with E-state index in [2.05, 4.69) is 40.5 Å². The summed E-state index contributed by atoms with van der Waals surface area (Å²) in [7, 11) is 0. The van der Waals surface area contributed by atoms with Crippen LogP contribution in [0.3, 0.4) is 0 Å². The molecule has 0 bridgehead atoms. The standard InChI is InChI=1S/C23H28N2O/c26-22(17-19-7-3-1-4-8-19)25-15-12-23(13-16-25)11-14-24-18-21(23)20-9-5-2-6-10-20/h1-10,21,24H,11-18H2/t21-/m0/s1. The number of carbonyl (C=O) groups is 1. The molecule has 2 fully saturated rings. The van der Waals surface area contributed by atoms with Gasteiger partial charge in [0.15, 0.2) is 0 Å². The highest BCUT2D eigenvalue weighted by atomic mass is 16.2. The molecule has 1 N–H and O–H groups in total. The molecule has 0 unspecified atom stereocenters. The highest BCUT2D eigenvalue weighted by Gasteiger charge is 2.44. The molecule has 0 radical (unpaired) electrons. The van der Waals surface area contributed by atoms with Crippen molar-refractivity contribution in [3.63, 3.8) is 0 Å². The number of carbonyl (C=O) groups excluding carboxylic acids is 1. The minimum absolute atomic E-state index is 0.274. The molecule has 1 atom stereocenters. The van der Waals surface area contributed by atoms with Crippen LogP contribution in [0.2, 0.25) is 0 Å². The van der Waals surface area contributed by atoms with Crippen LogP contribution in [-0.4, -0.2) is 37.0 Å². The van der Waals surface area contributed by atoms with Crippen molar-refractivity contribution in [1.82, 2.24) is 10.2 Å². The molecule has 0 aliphatic carbocycles. The van der Waals surface area contributed by atoms with Gasteiger partial charge in [0.2, 0.25) is 5.91 Å². The largest absolute Gasteiger partial charge is 0.342 e. The van der Waals surface area contributed by atoms with E-state index in [9.17, 15) is 4.79 Å². The number of nitrogens with zero attached hydrogens (tertiary/aromatic N) is 1. The lowest BCUT2D eigenvalue weighted by Gasteiger charge is -2.49. The second-order valence-electron chi connectivity index (χ2n) is 7.82. The van der Waals surface area contributed by atoms with Gasteiger partial charge in [0.25, 0.3) is 0 Å². The van der Waals surface area contributed by atoms with Crippen molar-refractivity contribution >= 4 is 5.91 Å². The Morgan fingerprint density at radius 3 is 2.31 bits per heavy atom. The molecule has 2 saturated heterocycles. The Balaban J connectivity index is 1.43. The SMILES string of the molecule is O=C(Cc1ccccc1)N1CCC2(CCNC[C@H]2c2ccccc2)CC1. The molecule has 26 heavy (non-hydrogen) atoms. The number of nitrogens with one attached hydrogen (secondary N) is 1. The van der Waals surface area contributed by atoms with E-state index in [4.69, 9.17) is 0 Å². The van der Waals surface area contributed by atoms with Crippen LogP contribution in [-0.2, 0) is 11.2 Å². The summed E-state index contributed by atoms with van der Waals surface area (Å²) in [5.74, 6) is 0.833. The van der Waals surface area contributed by atoms with E-state index in [-0.39, 0.29) is 5.91 Å². The van der Waals surface area contributed by atoms with E-state index in [1.165, 1.54) is 12.0 Å². The van der Waals surface area contributed by atoms with Crippen LogP contribution in [0.25, 0.3) is 0 Å². The molecule has 2 aromatic carbocycles. The van der Waals surface area contributed by atoms with E-state index >= 15 is 0 Å². The molecule has 2 aromatic rings. The van der Waals surface area contributed by atoms with Crippen LogP contribution in [0.4, 0.5) is 0 Å². The lowest BCUT2D eigenvalue weighted by Crippen LogP contribution is -2.51. The predicted octanol–water partition coefficient (Wildman–Crippen LogP) is 3.62. The van der Waals surface area contributed by atoms with Crippen molar-refractivity contribution in [2.45, 2.75) is 31.6 Å². The number of hydrogen-bond acceptors (Lipinski definition) is 2. The second-order valence-corrected chi connectivity index (χ2v) is 7.82. The van der Waals surface area contributed by atoms with E-state index in [0.717, 1.165) is 44.6 Å². The van der Waals surface area contributed by atoms with Gasteiger partial charge in [0, 0.05) is 25.6 Å². The maximum absolute atomic E-state index is 12.7. The average molecular weight is 348 g/mol. The fourth-order valence-electron chi connectivity index (χ4n) is 4.81. The lowest BCUT2D eigenvalue weighted by atomic mass is 9.63. The van der Waals surface area contributed by atoms with Gasteiger partial charge in [-0.05, 0) is 42.3 Å². The van der Waals surface area contributed by atoms with E-state index < -0.39 is 0 Å². The van der Waals surface area contributed by atoms with Crippen molar-refractivity contribution in [2.75, 3.05) is 26.2 Å². The molecule has 1 amide bonds. The van der Waals surface area contributed by atoms with Crippen LogP contribution in [0.15, 0.2) is 60.7 Å². The third kappa shape index (κ3) is 3.54. The Hall–Kier alpha value is -2.13. The second kappa shape index (κ2) is 7.63. The normalized spacial score (nSPS) is 22.3. The number of rotatable bonds is 3. The number of benzene rings is 2. The molecule has 136 valence electrons. The van der Waals surface area contributed by atoms with E-state index in [0.29, 0.717) is 17.8 Å². The van der Waals surface area contributed by atoms with Crippen molar-refractivity contribution < 1.29 is 4.79 Å². The van der Waals surface area contributed by atoms with Crippen molar-refractivity contribution in [2.24, 2.45) is 5.41 Å². The summed E-state index contributed by atoms with van der Waals surface area (Å²) in [5.41, 5.74) is 2.90. The van der Waals surface area contributed by atoms with Gasteiger partial charge in [0.1, 0.15) is 0 Å². The molecule has 0 aromatic heterocycles. The van der Waals surface area contributed by atoms with Gasteiger partial charge in [0.05, 0.1) is 6.42 Å². The van der Waals surface area contributed by atoms with Crippen LogP contribution in [0.5, 0.6) is 0 Å². The zero-order valence-electron chi connectivity index (χ0n) is 15.4. The van der Waals surface area contributed by atoms with Crippen molar-refractivity contribution in [3.05, 3.63) is 71.8 Å². The van der Waals surface area contributed by atoms with Crippen LogP contribution >= 0.6 is 0 Å². The summed E-state index contributed by atoms with van der Waals surface area (Å²) in [6.07, 6.45) is 3.98. The third-order valence-electron chi connectivity index (χ3n) is 6.40. The third-order valence-corrected chi connectivity index (χ3v) is 6.40. The molecule has 2 heterocycles. The van der Waals surface area contributed by atoms with Gasteiger partial charge in [-0.3, -0.25) is 4.79 Å². The Labute approximate surface area is 156 Å². The van der Waals surface area contributed by atoms with Gasteiger partial charge >= 0.3 is 0 Å². The molecule has 3 heteroatoms. The average Bonchev–Trinajstić information content (AvgIpc) is 2.70. The number of piperidine rings is 2.